The van der Waals surface area contributed by atoms with Gasteiger partial charge < -0.3 is 15.2 Å². The molecule has 0 saturated heterocycles. The molecule has 0 saturated carbocycles. The van der Waals surface area contributed by atoms with E-state index in [1.807, 2.05) is 12.1 Å². The summed E-state index contributed by atoms with van der Waals surface area (Å²) in [5.74, 6) is 1.39. The molecule has 0 unspecified atom stereocenters. The molecule has 0 spiro atoms. The number of nitrogen functional groups attached to an aromatic ring is 1. The van der Waals surface area contributed by atoms with Crippen molar-refractivity contribution in [1.82, 2.24) is 4.98 Å². The summed E-state index contributed by atoms with van der Waals surface area (Å²) in [5, 5.41) is 10.2. The van der Waals surface area contributed by atoms with Crippen LogP contribution in [0.2, 0.25) is 5.02 Å². The fourth-order valence-electron chi connectivity index (χ4n) is 2.71. The van der Waals surface area contributed by atoms with Crippen LogP contribution in [0.25, 0.3) is 22.4 Å². The molecular weight excluding hydrogens is 350 g/mol. The van der Waals surface area contributed by atoms with Gasteiger partial charge in [0.25, 0.3) is 0 Å². The zero-order valence-electron chi connectivity index (χ0n) is 14.3. The summed E-state index contributed by atoms with van der Waals surface area (Å²) in [4.78, 5) is 4.36. The first kappa shape index (κ1) is 17.6. The van der Waals surface area contributed by atoms with E-state index in [-0.39, 0.29) is 11.4 Å². The van der Waals surface area contributed by atoms with E-state index in [1.54, 1.807) is 50.6 Å². The number of nitrogens with zero attached hydrogens (tertiary/aromatic N) is 2. The van der Waals surface area contributed by atoms with Crippen LogP contribution in [-0.4, -0.2) is 19.2 Å². The molecule has 0 bridgehead atoms. The van der Waals surface area contributed by atoms with Crippen molar-refractivity contribution in [2.45, 2.75) is 0 Å². The first-order chi connectivity index (χ1) is 12.6. The highest BCUT2D eigenvalue weighted by Gasteiger charge is 2.17. The molecule has 2 N–H and O–H groups in total. The minimum Gasteiger partial charge on any atom is -0.497 e. The van der Waals surface area contributed by atoms with Crippen molar-refractivity contribution in [2.75, 3.05) is 20.0 Å². The zero-order chi connectivity index (χ0) is 18.7. The van der Waals surface area contributed by atoms with Crippen molar-refractivity contribution < 1.29 is 9.47 Å². The minimum absolute atomic E-state index is 0.143. The van der Waals surface area contributed by atoms with E-state index < -0.39 is 0 Å². The fraction of sp³-hybridized carbons (Fsp3) is 0.100. The maximum Gasteiger partial charge on any atom is 0.142 e. The molecule has 3 aromatic rings. The molecule has 1 aromatic heterocycles. The highest BCUT2D eigenvalue weighted by atomic mass is 35.5. The fourth-order valence-corrected chi connectivity index (χ4v) is 2.91. The zero-order valence-corrected chi connectivity index (χ0v) is 15.0. The summed E-state index contributed by atoms with van der Waals surface area (Å²) in [6.07, 6.45) is 0. The van der Waals surface area contributed by atoms with Crippen LogP contribution in [0.3, 0.4) is 0 Å². The summed E-state index contributed by atoms with van der Waals surface area (Å²) in [5.41, 5.74) is 9.08. The predicted molar refractivity (Wildman–Crippen MR) is 102 cm³/mol. The molecule has 6 heteroatoms. The van der Waals surface area contributed by atoms with Crippen molar-refractivity contribution in [1.29, 1.82) is 5.26 Å². The average molecular weight is 366 g/mol. The molecule has 2 aromatic carbocycles. The topological polar surface area (TPSA) is 81.2 Å². The Kier molecular flexibility index (Phi) is 4.97. The van der Waals surface area contributed by atoms with Gasteiger partial charge in [-0.25, -0.2) is 4.98 Å². The van der Waals surface area contributed by atoms with Crippen LogP contribution in [-0.2, 0) is 0 Å². The summed E-state index contributed by atoms with van der Waals surface area (Å²) in [6, 6.07) is 16.6. The first-order valence-corrected chi connectivity index (χ1v) is 8.14. The number of nitriles is 1. The lowest BCUT2D eigenvalue weighted by Gasteiger charge is -2.14. The van der Waals surface area contributed by atoms with Gasteiger partial charge in [0.2, 0.25) is 0 Å². The van der Waals surface area contributed by atoms with Gasteiger partial charge in [0, 0.05) is 21.7 Å². The van der Waals surface area contributed by atoms with E-state index in [0.717, 1.165) is 5.56 Å². The largest absolute Gasteiger partial charge is 0.497 e. The van der Waals surface area contributed by atoms with Gasteiger partial charge in [0.05, 0.1) is 19.9 Å². The number of anilines is 1. The molecule has 0 aliphatic heterocycles. The van der Waals surface area contributed by atoms with Gasteiger partial charge in [-0.1, -0.05) is 23.7 Å². The molecular formula is C20H16ClN3O2. The molecule has 130 valence electrons. The number of methoxy groups -OCH3 is 2. The number of hydrogen-bond donors (Lipinski definition) is 1. The second-order valence-electron chi connectivity index (χ2n) is 5.50. The Labute approximate surface area is 156 Å². The van der Waals surface area contributed by atoms with E-state index in [2.05, 4.69) is 11.1 Å². The van der Waals surface area contributed by atoms with Crippen molar-refractivity contribution in [3.63, 3.8) is 0 Å². The number of rotatable bonds is 4. The summed E-state index contributed by atoms with van der Waals surface area (Å²) >= 11 is 6.09. The molecule has 0 atom stereocenters. The van der Waals surface area contributed by atoms with E-state index in [0.29, 0.717) is 33.3 Å². The first-order valence-electron chi connectivity index (χ1n) is 7.76. The lowest BCUT2D eigenvalue weighted by Crippen LogP contribution is -2.01. The third kappa shape index (κ3) is 3.28. The summed E-state index contributed by atoms with van der Waals surface area (Å²) in [7, 11) is 3.15. The second-order valence-corrected chi connectivity index (χ2v) is 5.94. The molecule has 3 rings (SSSR count). The second kappa shape index (κ2) is 7.34. The molecule has 0 fully saturated rings. The Morgan fingerprint density at radius 2 is 1.85 bits per heavy atom. The Bertz CT molecular complexity index is 1010. The number of benzene rings is 2. The lowest BCUT2D eigenvalue weighted by molar-refractivity contribution is 0.404. The monoisotopic (exact) mass is 365 g/mol. The highest BCUT2D eigenvalue weighted by molar-refractivity contribution is 6.30. The standard InChI is InChI=1S/C20H16ClN3O2/c1-25-14-6-7-19(26-2)16(9-14)15-10-18(24-20(23)17(15)11-22)12-4-3-5-13(21)8-12/h3-10H,1-2H3,(H2,23,24). The van der Waals surface area contributed by atoms with Crippen LogP contribution < -0.4 is 15.2 Å². The average Bonchev–Trinajstić information content (AvgIpc) is 2.66. The Balaban J connectivity index is 2.29. The van der Waals surface area contributed by atoms with Crippen LogP contribution in [0.15, 0.2) is 48.5 Å². The Morgan fingerprint density at radius 1 is 1.04 bits per heavy atom. The molecule has 0 radical (unpaired) electrons. The Hall–Kier alpha value is -3.23. The molecule has 0 aliphatic carbocycles. The number of hydrogen-bond acceptors (Lipinski definition) is 5. The SMILES string of the molecule is COc1ccc(OC)c(-c2cc(-c3cccc(Cl)c3)nc(N)c2C#N)c1. The number of aromatic nitrogens is 1. The van der Waals surface area contributed by atoms with Gasteiger partial charge in [-0.05, 0) is 36.4 Å². The van der Waals surface area contributed by atoms with Gasteiger partial charge in [0.15, 0.2) is 0 Å². The summed E-state index contributed by atoms with van der Waals surface area (Å²) in [6.45, 7) is 0. The van der Waals surface area contributed by atoms with Gasteiger partial charge >= 0.3 is 0 Å². The summed E-state index contributed by atoms with van der Waals surface area (Å²) < 4.78 is 10.8. The van der Waals surface area contributed by atoms with E-state index in [9.17, 15) is 5.26 Å². The maximum absolute atomic E-state index is 9.59. The van der Waals surface area contributed by atoms with Gasteiger partial charge in [-0.3, -0.25) is 0 Å². The predicted octanol–water partition coefficient (Wildman–Crippen LogP) is 4.54. The highest BCUT2D eigenvalue weighted by Crippen LogP contribution is 2.38. The normalized spacial score (nSPS) is 10.2. The smallest absolute Gasteiger partial charge is 0.142 e. The minimum atomic E-state index is 0.143. The van der Waals surface area contributed by atoms with Crippen LogP contribution in [0.4, 0.5) is 5.82 Å². The van der Waals surface area contributed by atoms with Crippen molar-refractivity contribution in [3.05, 3.63) is 59.1 Å². The quantitative estimate of drug-likeness (QED) is 0.734. The van der Waals surface area contributed by atoms with E-state index in [1.165, 1.54) is 0 Å². The Morgan fingerprint density at radius 3 is 2.50 bits per heavy atom. The number of pyridine rings is 1. The van der Waals surface area contributed by atoms with Crippen LogP contribution in [0, 0.1) is 11.3 Å². The van der Waals surface area contributed by atoms with Crippen LogP contribution >= 0.6 is 11.6 Å². The molecule has 1 heterocycles. The van der Waals surface area contributed by atoms with Crippen molar-refractivity contribution in [2.24, 2.45) is 0 Å². The molecule has 0 aliphatic rings. The maximum atomic E-state index is 9.59. The lowest BCUT2D eigenvalue weighted by atomic mass is 9.97. The van der Waals surface area contributed by atoms with E-state index in [4.69, 9.17) is 26.8 Å². The molecule has 26 heavy (non-hydrogen) atoms. The molecule has 5 nitrogen and oxygen atoms in total. The van der Waals surface area contributed by atoms with Crippen LogP contribution in [0.1, 0.15) is 5.56 Å². The number of nitrogens with two attached hydrogens (primary N) is 1. The molecule has 0 amide bonds. The van der Waals surface area contributed by atoms with Gasteiger partial charge in [0.1, 0.15) is 28.9 Å². The van der Waals surface area contributed by atoms with E-state index >= 15 is 0 Å². The number of ether oxygens (including phenoxy) is 2. The number of halogens is 1. The third-order valence-electron chi connectivity index (χ3n) is 3.98. The van der Waals surface area contributed by atoms with Crippen LogP contribution in [0.5, 0.6) is 11.5 Å². The van der Waals surface area contributed by atoms with Crippen molar-refractivity contribution in [3.8, 4) is 40.0 Å². The third-order valence-corrected chi connectivity index (χ3v) is 4.21. The van der Waals surface area contributed by atoms with Gasteiger partial charge in [-0.15, -0.1) is 0 Å². The van der Waals surface area contributed by atoms with Gasteiger partial charge in [-0.2, -0.15) is 5.26 Å². The van der Waals surface area contributed by atoms with Crippen molar-refractivity contribution >= 4 is 17.4 Å².